The summed E-state index contributed by atoms with van der Waals surface area (Å²) in [4.78, 5) is 26.1. The maximum absolute atomic E-state index is 12.9. The highest BCUT2D eigenvalue weighted by Crippen LogP contribution is 2.38. The van der Waals surface area contributed by atoms with E-state index in [0.29, 0.717) is 54.0 Å². The lowest BCUT2D eigenvalue weighted by atomic mass is 10.0. The number of carbonyl (C=O) groups is 2. The van der Waals surface area contributed by atoms with Gasteiger partial charge in [0.2, 0.25) is 5.91 Å². The molecule has 0 bridgehead atoms. The molecule has 0 radical (unpaired) electrons. The molecule has 2 heterocycles. The van der Waals surface area contributed by atoms with E-state index in [4.69, 9.17) is 21.1 Å². The molecule has 3 aromatic rings. The van der Waals surface area contributed by atoms with E-state index in [0.717, 1.165) is 11.1 Å². The van der Waals surface area contributed by atoms with Gasteiger partial charge in [-0.15, -0.1) is 11.3 Å². The summed E-state index contributed by atoms with van der Waals surface area (Å²) in [6, 6.07) is 16.2. The number of hydrogen-bond acceptors (Lipinski definition) is 5. The quantitative estimate of drug-likeness (QED) is 0.524. The van der Waals surface area contributed by atoms with E-state index < -0.39 is 6.04 Å². The molecule has 1 atom stereocenters. The number of carbonyl (C=O) groups excluding carboxylic acids is 2. The van der Waals surface area contributed by atoms with Gasteiger partial charge in [-0.2, -0.15) is 0 Å². The summed E-state index contributed by atoms with van der Waals surface area (Å²) in [5, 5.41) is 8.13. The fraction of sp³-hybridized carbons (Fsp3) is 0.250. The second-order valence-electron chi connectivity index (χ2n) is 7.34. The molecule has 1 aromatic heterocycles. The van der Waals surface area contributed by atoms with Gasteiger partial charge in [0.25, 0.3) is 5.91 Å². The molecule has 8 heteroatoms. The van der Waals surface area contributed by atoms with E-state index in [9.17, 15) is 9.59 Å². The molecule has 1 unspecified atom stereocenters. The van der Waals surface area contributed by atoms with Gasteiger partial charge in [-0.05, 0) is 41.1 Å². The van der Waals surface area contributed by atoms with Gasteiger partial charge in [-0.1, -0.05) is 48.0 Å². The highest BCUT2D eigenvalue weighted by Gasteiger charge is 2.22. The molecule has 1 aliphatic rings. The zero-order valence-corrected chi connectivity index (χ0v) is 18.9. The van der Waals surface area contributed by atoms with Crippen molar-refractivity contribution in [2.45, 2.75) is 18.9 Å². The van der Waals surface area contributed by atoms with Crippen LogP contribution >= 0.6 is 22.9 Å². The van der Waals surface area contributed by atoms with Crippen LogP contribution < -0.4 is 20.1 Å². The van der Waals surface area contributed by atoms with E-state index >= 15 is 0 Å². The SMILES string of the molecule is O=C(NC(Cc1ccccc1)C(=O)NCCc1cc(Cl)c2c(c1)OCCO2)c1cccs1. The third kappa shape index (κ3) is 5.60. The zero-order valence-electron chi connectivity index (χ0n) is 17.3. The maximum Gasteiger partial charge on any atom is 0.262 e. The van der Waals surface area contributed by atoms with Gasteiger partial charge in [0.1, 0.15) is 19.3 Å². The number of ether oxygens (including phenoxy) is 2. The Labute approximate surface area is 195 Å². The molecule has 1 aliphatic heterocycles. The third-order valence-corrected chi connectivity index (χ3v) is 6.17. The minimum absolute atomic E-state index is 0.234. The van der Waals surface area contributed by atoms with E-state index in [1.807, 2.05) is 53.9 Å². The Kier molecular flexibility index (Phi) is 7.29. The monoisotopic (exact) mass is 470 g/mol. The van der Waals surface area contributed by atoms with Crippen molar-refractivity contribution in [2.24, 2.45) is 0 Å². The van der Waals surface area contributed by atoms with Gasteiger partial charge >= 0.3 is 0 Å². The smallest absolute Gasteiger partial charge is 0.262 e. The van der Waals surface area contributed by atoms with Gasteiger partial charge in [-0.25, -0.2) is 0 Å². The van der Waals surface area contributed by atoms with Gasteiger partial charge in [0, 0.05) is 13.0 Å². The first-order chi connectivity index (χ1) is 15.6. The Morgan fingerprint density at radius 3 is 2.62 bits per heavy atom. The number of nitrogens with one attached hydrogen (secondary N) is 2. The van der Waals surface area contributed by atoms with E-state index in [-0.39, 0.29) is 11.8 Å². The first-order valence-electron chi connectivity index (χ1n) is 10.3. The average molecular weight is 471 g/mol. The summed E-state index contributed by atoms with van der Waals surface area (Å²) in [5.41, 5.74) is 1.90. The summed E-state index contributed by atoms with van der Waals surface area (Å²) >= 11 is 7.64. The Morgan fingerprint density at radius 1 is 1.03 bits per heavy atom. The van der Waals surface area contributed by atoms with Crippen molar-refractivity contribution >= 4 is 34.8 Å². The van der Waals surface area contributed by atoms with Crippen molar-refractivity contribution < 1.29 is 19.1 Å². The summed E-state index contributed by atoms with van der Waals surface area (Å²) in [5.74, 6) is 0.692. The van der Waals surface area contributed by atoms with Crippen LogP contribution in [0.25, 0.3) is 0 Å². The molecule has 0 saturated heterocycles. The molecule has 166 valence electrons. The van der Waals surface area contributed by atoms with Crippen LogP contribution in [0.5, 0.6) is 11.5 Å². The van der Waals surface area contributed by atoms with E-state index in [1.165, 1.54) is 11.3 Å². The van der Waals surface area contributed by atoms with Crippen molar-refractivity contribution in [1.82, 2.24) is 10.6 Å². The number of hydrogen-bond donors (Lipinski definition) is 2. The minimum atomic E-state index is -0.684. The number of halogens is 1. The fourth-order valence-corrected chi connectivity index (χ4v) is 4.37. The van der Waals surface area contributed by atoms with Crippen LogP contribution in [0.2, 0.25) is 5.02 Å². The normalized spacial score (nSPS) is 13.3. The minimum Gasteiger partial charge on any atom is -0.486 e. The Balaban J connectivity index is 1.39. The van der Waals surface area contributed by atoms with Crippen LogP contribution in [0.3, 0.4) is 0 Å². The first-order valence-corrected chi connectivity index (χ1v) is 11.6. The molecule has 2 aromatic carbocycles. The van der Waals surface area contributed by atoms with Crippen LogP contribution in [0.1, 0.15) is 20.8 Å². The molecule has 0 fully saturated rings. The molecular formula is C24H23ClN2O4S. The van der Waals surface area contributed by atoms with E-state index in [2.05, 4.69) is 10.6 Å². The second kappa shape index (κ2) is 10.5. The predicted molar refractivity (Wildman–Crippen MR) is 125 cm³/mol. The summed E-state index contributed by atoms with van der Waals surface area (Å²) in [7, 11) is 0. The van der Waals surface area contributed by atoms with Crippen molar-refractivity contribution in [2.75, 3.05) is 19.8 Å². The average Bonchev–Trinajstić information content (AvgIpc) is 3.34. The third-order valence-electron chi connectivity index (χ3n) is 5.02. The van der Waals surface area contributed by atoms with Crippen LogP contribution in [0, 0.1) is 0 Å². The van der Waals surface area contributed by atoms with Crippen molar-refractivity contribution in [3.8, 4) is 11.5 Å². The van der Waals surface area contributed by atoms with Crippen molar-refractivity contribution in [3.05, 3.63) is 81.0 Å². The van der Waals surface area contributed by atoms with Crippen LogP contribution in [-0.4, -0.2) is 37.6 Å². The summed E-state index contributed by atoms with van der Waals surface area (Å²) in [6.07, 6.45) is 0.971. The molecular weight excluding hydrogens is 448 g/mol. The standard InChI is InChI=1S/C24H23ClN2O4S/c25-18-13-17(15-20-22(18)31-11-10-30-20)8-9-26-23(28)19(14-16-5-2-1-3-6-16)27-24(29)21-7-4-12-32-21/h1-7,12-13,15,19H,8-11,14H2,(H,26,28)(H,27,29). The molecule has 6 nitrogen and oxygen atoms in total. The molecule has 4 rings (SSSR count). The number of fused-ring (bicyclic) bond motifs is 1. The first kappa shape index (κ1) is 22.2. The van der Waals surface area contributed by atoms with Gasteiger partial charge in [0.05, 0.1) is 9.90 Å². The van der Waals surface area contributed by atoms with Gasteiger partial charge in [0.15, 0.2) is 11.5 Å². The second-order valence-corrected chi connectivity index (χ2v) is 8.69. The van der Waals surface area contributed by atoms with Crippen molar-refractivity contribution in [3.63, 3.8) is 0 Å². The molecule has 2 amide bonds. The lowest BCUT2D eigenvalue weighted by Crippen LogP contribution is -2.48. The van der Waals surface area contributed by atoms with Gasteiger partial charge in [-0.3, -0.25) is 9.59 Å². The molecule has 0 spiro atoms. The summed E-state index contributed by atoms with van der Waals surface area (Å²) in [6.45, 7) is 1.35. The number of rotatable bonds is 8. The Bertz CT molecular complexity index is 1070. The molecule has 2 N–H and O–H groups in total. The largest absolute Gasteiger partial charge is 0.486 e. The van der Waals surface area contributed by atoms with E-state index in [1.54, 1.807) is 6.07 Å². The Morgan fingerprint density at radius 2 is 1.84 bits per heavy atom. The molecule has 32 heavy (non-hydrogen) atoms. The van der Waals surface area contributed by atoms with Crippen LogP contribution in [-0.2, 0) is 17.6 Å². The summed E-state index contributed by atoms with van der Waals surface area (Å²) < 4.78 is 11.2. The highest BCUT2D eigenvalue weighted by atomic mass is 35.5. The molecule has 0 saturated carbocycles. The number of amides is 2. The van der Waals surface area contributed by atoms with Crippen molar-refractivity contribution in [1.29, 1.82) is 0 Å². The van der Waals surface area contributed by atoms with Crippen LogP contribution in [0.4, 0.5) is 0 Å². The topological polar surface area (TPSA) is 76.7 Å². The lowest BCUT2D eigenvalue weighted by Gasteiger charge is -2.21. The maximum atomic E-state index is 12.9. The van der Waals surface area contributed by atoms with Gasteiger partial charge < -0.3 is 20.1 Å². The number of benzene rings is 2. The predicted octanol–water partition coefficient (Wildman–Crippen LogP) is 3.87. The number of thiophene rings is 1. The fourth-order valence-electron chi connectivity index (χ4n) is 3.46. The lowest BCUT2D eigenvalue weighted by molar-refractivity contribution is -0.122. The highest BCUT2D eigenvalue weighted by molar-refractivity contribution is 7.12. The van der Waals surface area contributed by atoms with Crippen LogP contribution in [0.15, 0.2) is 60.0 Å². The zero-order chi connectivity index (χ0) is 22.3. The molecule has 0 aliphatic carbocycles. The Hall–Kier alpha value is -3.03.